The normalized spacial score (nSPS) is 16.8. The van der Waals surface area contributed by atoms with Crippen LogP contribution in [-0.4, -0.2) is 44.3 Å². The molecule has 2 aromatic rings. The number of halogens is 1. The Balaban J connectivity index is 0.00000225. The van der Waals surface area contributed by atoms with Crippen LogP contribution in [0.15, 0.2) is 16.9 Å². The van der Waals surface area contributed by atoms with Gasteiger partial charge in [0.25, 0.3) is 11.5 Å². The maximum absolute atomic E-state index is 13.0. The van der Waals surface area contributed by atoms with Crippen LogP contribution in [0, 0.1) is 5.92 Å². The zero-order chi connectivity index (χ0) is 19.1. The second-order valence-electron chi connectivity index (χ2n) is 7.74. The second-order valence-corrected chi connectivity index (χ2v) is 7.74. The lowest BCUT2D eigenvalue weighted by Gasteiger charge is -2.14. The van der Waals surface area contributed by atoms with Gasteiger partial charge in [0.05, 0.1) is 5.69 Å². The Bertz CT molecular complexity index is 988. The zero-order valence-electron chi connectivity index (χ0n) is 16.1. The summed E-state index contributed by atoms with van der Waals surface area (Å²) in [7, 11) is 0. The summed E-state index contributed by atoms with van der Waals surface area (Å²) in [5.41, 5.74) is 1.60. The number of rotatable bonds is 5. The maximum atomic E-state index is 13.0. The Morgan fingerprint density at radius 3 is 2.79 bits per heavy atom. The highest BCUT2D eigenvalue weighted by Gasteiger charge is 2.29. The first-order valence-electron chi connectivity index (χ1n) is 9.52. The second kappa shape index (κ2) is 7.97. The summed E-state index contributed by atoms with van der Waals surface area (Å²) < 4.78 is 2.87. The molecule has 3 N–H and O–H groups in total. The van der Waals surface area contributed by atoms with E-state index in [4.69, 9.17) is 0 Å². The quantitative estimate of drug-likeness (QED) is 0.698. The van der Waals surface area contributed by atoms with Crippen LogP contribution in [0.2, 0.25) is 0 Å². The van der Waals surface area contributed by atoms with Crippen LogP contribution in [0.25, 0.3) is 11.2 Å². The number of hydrogen-bond acceptors (Lipinski definition) is 5. The summed E-state index contributed by atoms with van der Waals surface area (Å²) in [5, 5.41) is 21.3. The summed E-state index contributed by atoms with van der Waals surface area (Å²) in [6.07, 6.45) is 4.70. The number of carbonyl (C=O) groups is 1. The van der Waals surface area contributed by atoms with E-state index in [9.17, 15) is 14.7 Å². The van der Waals surface area contributed by atoms with Crippen molar-refractivity contribution in [1.29, 1.82) is 0 Å². The number of nitrogens with one attached hydrogen (secondary N) is 2. The highest BCUT2D eigenvalue weighted by atomic mass is 35.5. The average molecular weight is 408 g/mol. The van der Waals surface area contributed by atoms with Crippen LogP contribution in [-0.2, 0) is 6.54 Å². The molecule has 1 saturated carbocycles. The number of amides is 1. The molecule has 28 heavy (non-hydrogen) atoms. The molecule has 0 radical (unpaired) electrons. The van der Waals surface area contributed by atoms with Crippen LogP contribution >= 0.6 is 12.4 Å². The highest BCUT2D eigenvalue weighted by Crippen LogP contribution is 2.25. The molecule has 0 atom stereocenters. The number of aromatic nitrogens is 3. The third kappa shape index (κ3) is 3.79. The molecule has 152 valence electrons. The van der Waals surface area contributed by atoms with Gasteiger partial charge in [0.15, 0.2) is 5.56 Å². The van der Waals surface area contributed by atoms with Crippen LogP contribution < -0.4 is 16.2 Å². The van der Waals surface area contributed by atoms with Gasteiger partial charge in [-0.1, -0.05) is 19.9 Å². The fraction of sp³-hybridized carbons (Fsp3) is 0.526. The number of aromatic hydroxyl groups is 1. The van der Waals surface area contributed by atoms with Crippen molar-refractivity contribution in [2.24, 2.45) is 5.92 Å². The van der Waals surface area contributed by atoms with Gasteiger partial charge in [-0.2, -0.15) is 9.61 Å². The fourth-order valence-electron chi connectivity index (χ4n) is 3.40. The first-order chi connectivity index (χ1) is 13.0. The lowest BCUT2D eigenvalue weighted by Crippen LogP contribution is -2.36. The van der Waals surface area contributed by atoms with E-state index >= 15 is 0 Å². The smallest absolute Gasteiger partial charge is 0.270 e. The topological polar surface area (TPSA) is 101 Å². The Hall–Kier alpha value is -2.32. The van der Waals surface area contributed by atoms with Crippen molar-refractivity contribution in [2.75, 3.05) is 13.1 Å². The summed E-state index contributed by atoms with van der Waals surface area (Å²) in [5.74, 6) is -0.724. The minimum absolute atomic E-state index is 0. The van der Waals surface area contributed by atoms with Crippen molar-refractivity contribution in [3.63, 3.8) is 0 Å². The van der Waals surface area contributed by atoms with E-state index in [1.807, 2.05) is 19.9 Å². The molecule has 0 bridgehead atoms. The largest absolute Gasteiger partial charge is 0.492 e. The van der Waals surface area contributed by atoms with Crippen molar-refractivity contribution in [3.05, 3.63) is 33.8 Å². The zero-order valence-corrected chi connectivity index (χ0v) is 16.9. The van der Waals surface area contributed by atoms with E-state index in [0.717, 1.165) is 43.6 Å². The molecule has 2 aromatic heterocycles. The van der Waals surface area contributed by atoms with Crippen LogP contribution in [0.1, 0.15) is 49.2 Å². The number of hydrogen-bond donors (Lipinski definition) is 3. The first-order valence-corrected chi connectivity index (χ1v) is 9.52. The molecular weight excluding hydrogens is 382 g/mol. The Morgan fingerprint density at radius 1 is 1.43 bits per heavy atom. The lowest BCUT2D eigenvalue weighted by atomic mass is 10.1. The molecule has 0 spiro atoms. The third-order valence-corrected chi connectivity index (χ3v) is 4.93. The highest BCUT2D eigenvalue weighted by molar-refractivity contribution is 5.96. The van der Waals surface area contributed by atoms with Crippen LogP contribution in [0.3, 0.4) is 0 Å². The van der Waals surface area contributed by atoms with E-state index in [1.54, 1.807) is 4.57 Å². The molecule has 0 saturated heterocycles. The molecule has 9 heteroatoms. The molecule has 1 amide bonds. The predicted molar refractivity (Wildman–Crippen MR) is 109 cm³/mol. The minimum atomic E-state index is -0.530. The van der Waals surface area contributed by atoms with Gasteiger partial charge in [-0.3, -0.25) is 14.2 Å². The molecule has 0 aromatic carbocycles. The molecule has 1 aliphatic heterocycles. The number of carbonyl (C=O) groups excluding carboxylic acids is 1. The average Bonchev–Trinajstić information content (AvgIpc) is 3.33. The molecule has 1 fully saturated rings. The predicted octanol–water partition coefficient (Wildman–Crippen LogP) is 1.55. The van der Waals surface area contributed by atoms with E-state index in [2.05, 4.69) is 21.8 Å². The summed E-state index contributed by atoms with van der Waals surface area (Å²) >= 11 is 0. The number of nitrogens with zero attached hydrogens (tertiary/aromatic N) is 3. The van der Waals surface area contributed by atoms with Gasteiger partial charge in [-0.05, 0) is 37.3 Å². The van der Waals surface area contributed by atoms with E-state index < -0.39 is 17.3 Å². The fourth-order valence-corrected chi connectivity index (χ4v) is 3.40. The summed E-state index contributed by atoms with van der Waals surface area (Å²) in [4.78, 5) is 25.6. The van der Waals surface area contributed by atoms with Gasteiger partial charge in [0.1, 0.15) is 5.65 Å². The monoisotopic (exact) mass is 407 g/mol. The number of fused-ring (bicyclic) bond motifs is 1. The minimum Gasteiger partial charge on any atom is -0.492 e. The molecule has 4 rings (SSSR count). The van der Waals surface area contributed by atoms with Gasteiger partial charge in [-0.15, -0.1) is 12.4 Å². The molecule has 8 nitrogen and oxygen atoms in total. The van der Waals surface area contributed by atoms with Crippen LogP contribution in [0.4, 0.5) is 0 Å². The van der Waals surface area contributed by atoms with E-state index in [-0.39, 0.29) is 29.9 Å². The lowest BCUT2D eigenvalue weighted by molar-refractivity contribution is 0.0944. The maximum Gasteiger partial charge on any atom is 0.270 e. The molecule has 3 heterocycles. The van der Waals surface area contributed by atoms with Crippen LogP contribution in [0.5, 0.6) is 5.88 Å². The summed E-state index contributed by atoms with van der Waals surface area (Å²) in [6, 6.07) is 1.92. The Kier molecular flexibility index (Phi) is 5.81. The SMILES string of the molecule is CC(C)Cn1c(=O)c(C(=O)NC2CC2)c(O)n2nc(C3=CCNCC3)cc12.Cl. The van der Waals surface area contributed by atoms with Crippen molar-refractivity contribution in [3.8, 4) is 5.88 Å². The van der Waals surface area contributed by atoms with Gasteiger partial charge in [0.2, 0.25) is 5.88 Å². The van der Waals surface area contributed by atoms with Crippen molar-refractivity contribution in [1.82, 2.24) is 24.8 Å². The molecule has 2 aliphatic rings. The van der Waals surface area contributed by atoms with Gasteiger partial charge < -0.3 is 15.7 Å². The third-order valence-electron chi connectivity index (χ3n) is 4.93. The van der Waals surface area contributed by atoms with Gasteiger partial charge >= 0.3 is 0 Å². The Labute approximate surface area is 169 Å². The van der Waals surface area contributed by atoms with Gasteiger partial charge in [-0.25, -0.2) is 0 Å². The van der Waals surface area contributed by atoms with Crippen molar-refractivity contribution in [2.45, 2.75) is 45.7 Å². The molecule has 1 aliphatic carbocycles. The van der Waals surface area contributed by atoms with Crippen molar-refractivity contribution >= 4 is 29.5 Å². The standard InChI is InChI=1S/C19H25N5O3.ClH/c1-11(2)10-23-15-9-14(12-5-7-20-8-6-12)22-24(15)19(27)16(18(23)26)17(25)21-13-3-4-13;/h5,9,11,13,20,27H,3-4,6-8,10H2,1-2H3,(H,21,25);1H. The Morgan fingerprint density at radius 2 is 2.18 bits per heavy atom. The first kappa shape index (κ1) is 20.4. The van der Waals surface area contributed by atoms with Gasteiger partial charge in [0, 0.05) is 25.2 Å². The van der Waals surface area contributed by atoms with Crippen molar-refractivity contribution < 1.29 is 9.90 Å². The van der Waals surface area contributed by atoms with E-state index in [0.29, 0.717) is 12.2 Å². The van der Waals surface area contributed by atoms with E-state index in [1.165, 1.54) is 4.52 Å². The summed E-state index contributed by atoms with van der Waals surface area (Å²) in [6.45, 7) is 6.08. The molecular formula is C19H26ClN5O3. The molecule has 0 unspecified atom stereocenters.